The van der Waals surface area contributed by atoms with Crippen molar-refractivity contribution in [1.29, 1.82) is 0 Å². The first-order chi connectivity index (χ1) is 8.65. The Bertz CT molecular complexity index is 712. The minimum absolute atomic E-state index is 0.302. The fourth-order valence-electron chi connectivity index (χ4n) is 1.97. The molecule has 0 radical (unpaired) electrons. The zero-order valence-corrected chi connectivity index (χ0v) is 9.84. The number of hydrogen-bond acceptors (Lipinski definition) is 3. The lowest BCUT2D eigenvalue weighted by molar-refractivity contribution is 0.628. The lowest BCUT2D eigenvalue weighted by Crippen LogP contribution is -2.08. The number of nitrogens with zero attached hydrogens (tertiary/aromatic N) is 4. The zero-order valence-electron chi connectivity index (χ0n) is 9.84. The third kappa shape index (κ3) is 1.62. The second-order valence-electron chi connectivity index (χ2n) is 4.14. The van der Waals surface area contributed by atoms with E-state index in [4.69, 9.17) is 5.73 Å². The van der Waals surface area contributed by atoms with Crippen LogP contribution in [0.2, 0.25) is 0 Å². The summed E-state index contributed by atoms with van der Waals surface area (Å²) in [4.78, 5) is 8.43. The van der Waals surface area contributed by atoms with Crippen molar-refractivity contribution < 1.29 is 4.39 Å². The molecule has 2 heterocycles. The van der Waals surface area contributed by atoms with E-state index in [1.165, 1.54) is 12.1 Å². The van der Waals surface area contributed by atoms with Gasteiger partial charge in [0.2, 0.25) is 5.95 Å². The molecule has 5 nitrogen and oxygen atoms in total. The van der Waals surface area contributed by atoms with Crippen molar-refractivity contribution >= 4 is 17.0 Å². The lowest BCUT2D eigenvalue weighted by Gasteiger charge is -2.06. The van der Waals surface area contributed by atoms with Crippen LogP contribution in [0.15, 0.2) is 30.6 Å². The maximum Gasteiger partial charge on any atom is 0.201 e. The summed E-state index contributed by atoms with van der Waals surface area (Å²) in [5, 5.41) is 0. The number of nitrogens with two attached hydrogens (primary N) is 1. The molecule has 3 aromatic rings. The number of aryl methyl sites for hydroxylation is 1. The highest BCUT2D eigenvalue weighted by atomic mass is 19.1. The first kappa shape index (κ1) is 10.8. The number of rotatable bonds is 2. The molecule has 2 N–H and O–H groups in total. The molecule has 0 saturated carbocycles. The highest BCUT2D eigenvalue weighted by Gasteiger charge is 2.11. The molecule has 0 amide bonds. The highest BCUT2D eigenvalue weighted by molar-refractivity contribution is 5.78. The van der Waals surface area contributed by atoms with E-state index in [-0.39, 0.29) is 5.82 Å². The molecule has 1 aromatic carbocycles. The smallest absolute Gasteiger partial charge is 0.201 e. The summed E-state index contributed by atoms with van der Waals surface area (Å²) in [6.45, 7) is 0.468. The Morgan fingerprint density at radius 1 is 1.39 bits per heavy atom. The van der Waals surface area contributed by atoms with Crippen LogP contribution in [-0.4, -0.2) is 19.1 Å². The minimum atomic E-state index is -0.302. The third-order valence-electron chi connectivity index (χ3n) is 2.96. The largest absolute Gasteiger partial charge is 0.369 e. The maximum atomic E-state index is 13.3. The second kappa shape index (κ2) is 3.83. The Morgan fingerprint density at radius 3 is 2.94 bits per heavy atom. The molecule has 0 saturated heterocycles. The molecular weight excluding hydrogens is 233 g/mol. The van der Waals surface area contributed by atoms with E-state index in [2.05, 4.69) is 9.97 Å². The Balaban J connectivity index is 2.13. The van der Waals surface area contributed by atoms with Crippen LogP contribution < -0.4 is 5.73 Å². The average molecular weight is 245 g/mol. The Labute approximate surface area is 103 Å². The zero-order chi connectivity index (χ0) is 12.7. The van der Waals surface area contributed by atoms with E-state index in [1.807, 2.05) is 17.8 Å². The fraction of sp³-hybridized carbons (Fsp3) is 0.167. The van der Waals surface area contributed by atoms with Crippen LogP contribution in [0.25, 0.3) is 11.0 Å². The Morgan fingerprint density at radius 2 is 2.22 bits per heavy atom. The van der Waals surface area contributed by atoms with Gasteiger partial charge in [0.15, 0.2) is 0 Å². The number of imidazole rings is 2. The van der Waals surface area contributed by atoms with Gasteiger partial charge in [-0.25, -0.2) is 14.4 Å². The molecule has 6 heteroatoms. The average Bonchev–Trinajstić information content (AvgIpc) is 2.86. The molecule has 0 aliphatic heterocycles. The number of fused-ring (bicyclic) bond motifs is 1. The molecule has 0 unspecified atom stereocenters. The number of anilines is 1. The summed E-state index contributed by atoms with van der Waals surface area (Å²) >= 11 is 0. The number of aromatic nitrogens is 4. The van der Waals surface area contributed by atoms with E-state index in [9.17, 15) is 4.39 Å². The topological polar surface area (TPSA) is 61.7 Å². The first-order valence-corrected chi connectivity index (χ1v) is 5.52. The summed E-state index contributed by atoms with van der Waals surface area (Å²) in [6.07, 6.45) is 3.57. The van der Waals surface area contributed by atoms with Crippen molar-refractivity contribution in [3.05, 3.63) is 42.2 Å². The van der Waals surface area contributed by atoms with Gasteiger partial charge in [-0.05, 0) is 18.2 Å². The summed E-state index contributed by atoms with van der Waals surface area (Å²) in [5.41, 5.74) is 7.22. The molecular formula is C12H12FN5. The summed E-state index contributed by atoms with van der Waals surface area (Å²) in [7, 11) is 1.90. The number of hydrogen-bond donors (Lipinski definition) is 1. The van der Waals surface area contributed by atoms with Gasteiger partial charge < -0.3 is 14.9 Å². The van der Waals surface area contributed by atoms with Gasteiger partial charge in [-0.3, -0.25) is 0 Å². The van der Waals surface area contributed by atoms with Crippen molar-refractivity contribution in [3.8, 4) is 0 Å². The Hall–Kier alpha value is -2.37. The van der Waals surface area contributed by atoms with E-state index in [0.29, 0.717) is 23.5 Å². The van der Waals surface area contributed by atoms with Crippen molar-refractivity contribution in [2.45, 2.75) is 6.54 Å². The van der Waals surface area contributed by atoms with E-state index in [1.54, 1.807) is 16.8 Å². The first-order valence-electron chi connectivity index (χ1n) is 5.52. The van der Waals surface area contributed by atoms with Gasteiger partial charge >= 0.3 is 0 Å². The van der Waals surface area contributed by atoms with Gasteiger partial charge in [-0.1, -0.05) is 0 Å². The van der Waals surface area contributed by atoms with Gasteiger partial charge in [0.25, 0.3) is 0 Å². The van der Waals surface area contributed by atoms with Crippen LogP contribution in [0.4, 0.5) is 10.3 Å². The van der Waals surface area contributed by atoms with Gasteiger partial charge in [-0.2, -0.15) is 0 Å². The predicted octanol–water partition coefficient (Wildman–Crippen LogP) is 1.54. The monoisotopic (exact) mass is 245 g/mol. The van der Waals surface area contributed by atoms with Crippen LogP contribution in [0, 0.1) is 5.82 Å². The number of halogens is 1. The number of benzene rings is 1. The summed E-state index contributed by atoms with van der Waals surface area (Å²) < 4.78 is 16.9. The van der Waals surface area contributed by atoms with Crippen LogP contribution >= 0.6 is 0 Å². The minimum Gasteiger partial charge on any atom is -0.369 e. The third-order valence-corrected chi connectivity index (χ3v) is 2.96. The van der Waals surface area contributed by atoms with Crippen LogP contribution in [0.3, 0.4) is 0 Å². The Kier molecular flexibility index (Phi) is 2.29. The molecule has 0 fully saturated rings. The second-order valence-corrected chi connectivity index (χ2v) is 4.14. The number of nitrogen functional groups attached to an aromatic ring is 1. The maximum absolute atomic E-state index is 13.3. The molecule has 0 spiro atoms. The molecule has 18 heavy (non-hydrogen) atoms. The quantitative estimate of drug-likeness (QED) is 0.745. The summed E-state index contributed by atoms with van der Waals surface area (Å²) in [6, 6.07) is 4.43. The van der Waals surface area contributed by atoms with Crippen LogP contribution in [0.1, 0.15) is 5.82 Å². The molecule has 0 aliphatic carbocycles. The van der Waals surface area contributed by atoms with Gasteiger partial charge in [-0.15, -0.1) is 0 Å². The highest BCUT2D eigenvalue weighted by Crippen LogP contribution is 2.19. The van der Waals surface area contributed by atoms with Crippen molar-refractivity contribution in [3.63, 3.8) is 0 Å². The predicted molar refractivity (Wildman–Crippen MR) is 66.4 cm³/mol. The molecule has 0 atom stereocenters. The SMILES string of the molecule is Cn1ccnc1Cn1c(N)nc2ccc(F)cc21. The summed E-state index contributed by atoms with van der Waals surface area (Å²) in [5.74, 6) is 0.896. The van der Waals surface area contributed by atoms with Gasteiger partial charge in [0.1, 0.15) is 11.6 Å². The lowest BCUT2D eigenvalue weighted by atomic mass is 10.3. The van der Waals surface area contributed by atoms with Crippen LogP contribution in [0.5, 0.6) is 0 Å². The molecule has 2 aromatic heterocycles. The fourth-order valence-corrected chi connectivity index (χ4v) is 1.97. The van der Waals surface area contributed by atoms with Gasteiger partial charge in [0, 0.05) is 19.4 Å². The normalized spacial score (nSPS) is 11.2. The molecule has 0 bridgehead atoms. The standard InChI is InChI=1S/C12H12FN5/c1-17-5-4-15-11(17)7-18-10-6-8(13)2-3-9(10)16-12(18)14/h2-6H,7H2,1H3,(H2,14,16). The van der Waals surface area contributed by atoms with Gasteiger partial charge in [0.05, 0.1) is 17.6 Å². The van der Waals surface area contributed by atoms with Crippen LogP contribution in [-0.2, 0) is 13.6 Å². The van der Waals surface area contributed by atoms with E-state index in [0.717, 1.165) is 5.82 Å². The van der Waals surface area contributed by atoms with E-state index >= 15 is 0 Å². The molecule has 3 rings (SSSR count). The van der Waals surface area contributed by atoms with E-state index < -0.39 is 0 Å². The molecule has 92 valence electrons. The van der Waals surface area contributed by atoms with Crippen molar-refractivity contribution in [2.24, 2.45) is 7.05 Å². The molecule has 0 aliphatic rings. The van der Waals surface area contributed by atoms with Crippen molar-refractivity contribution in [1.82, 2.24) is 19.1 Å². The van der Waals surface area contributed by atoms with Crippen molar-refractivity contribution in [2.75, 3.05) is 5.73 Å².